The van der Waals surface area contributed by atoms with Gasteiger partial charge in [-0.05, 0) is 31.5 Å². The van der Waals surface area contributed by atoms with Gasteiger partial charge in [-0.15, -0.1) is 0 Å². The number of anilines is 1. The molecule has 21 heavy (non-hydrogen) atoms. The third-order valence-corrected chi connectivity index (χ3v) is 2.98. The Labute approximate surface area is 124 Å². The second-order valence-corrected chi connectivity index (χ2v) is 4.98. The van der Waals surface area contributed by atoms with Crippen molar-refractivity contribution in [3.8, 4) is 0 Å². The van der Waals surface area contributed by atoms with Gasteiger partial charge in [-0.2, -0.15) is 0 Å². The van der Waals surface area contributed by atoms with Crippen LogP contribution in [0.25, 0.3) is 0 Å². The lowest BCUT2D eigenvalue weighted by atomic mass is 10.1. The first-order valence-corrected chi connectivity index (χ1v) is 6.81. The van der Waals surface area contributed by atoms with Crippen molar-refractivity contribution in [1.82, 2.24) is 4.90 Å². The third kappa shape index (κ3) is 5.83. The molecule has 0 atom stereocenters. The Balaban J connectivity index is 2.65. The zero-order valence-electron chi connectivity index (χ0n) is 12.6. The van der Waals surface area contributed by atoms with Crippen molar-refractivity contribution in [1.29, 1.82) is 0 Å². The van der Waals surface area contributed by atoms with Gasteiger partial charge in [0.15, 0.2) is 0 Å². The molecule has 0 aliphatic rings. The van der Waals surface area contributed by atoms with Gasteiger partial charge in [0.25, 0.3) is 0 Å². The number of amides is 2. The highest BCUT2D eigenvalue weighted by Gasteiger charge is 2.16. The van der Waals surface area contributed by atoms with Gasteiger partial charge in [0.2, 0.25) is 0 Å². The lowest BCUT2D eigenvalue weighted by molar-refractivity contribution is -0.136. The summed E-state index contributed by atoms with van der Waals surface area (Å²) >= 11 is 0. The van der Waals surface area contributed by atoms with Crippen LogP contribution in [-0.2, 0) is 16.0 Å². The molecule has 0 fully saturated rings. The van der Waals surface area contributed by atoms with Crippen molar-refractivity contribution in [2.45, 2.75) is 26.3 Å². The Hall–Kier alpha value is -2.08. The van der Waals surface area contributed by atoms with E-state index in [4.69, 9.17) is 9.84 Å². The normalized spacial score (nSPS) is 10.5. The molecule has 0 saturated heterocycles. The van der Waals surface area contributed by atoms with Crippen molar-refractivity contribution in [3.63, 3.8) is 0 Å². The number of hydrogen-bond acceptors (Lipinski definition) is 3. The topological polar surface area (TPSA) is 78.9 Å². The second-order valence-electron chi connectivity index (χ2n) is 4.98. The highest BCUT2D eigenvalue weighted by Crippen LogP contribution is 2.12. The molecule has 6 heteroatoms. The Kier molecular flexibility index (Phi) is 6.68. The Morgan fingerprint density at radius 3 is 2.38 bits per heavy atom. The van der Waals surface area contributed by atoms with E-state index >= 15 is 0 Å². The molecule has 0 aliphatic carbocycles. The highest BCUT2D eigenvalue weighted by molar-refractivity contribution is 5.89. The summed E-state index contributed by atoms with van der Waals surface area (Å²) in [5.74, 6) is -0.877. The van der Waals surface area contributed by atoms with Crippen LogP contribution < -0.4 is 5.32 Å². The molecule has 0 aromatic heterocycles. The first-order chi connectivity index (χ1) is 9.93. The number of ether oxygens (including phenoxy) is 1. The predicted octanol–water partition coefficient (Wildman–Crippen LogP) is 2.20. The summed E-state index contributed by atoms with van der Waals surface area (Å²) in [7, 11) is 1.59. The average Bonchev–Trinajstić information content (AvgIpc) is 2.40. The number of carboxylic acids is 1. The summed E-state index contributed by atoms with van der Waals surface area (Å²) in [4.78, 5) is 24.5. The SMILES string of the molecule is COCCN(C(=O)Nc1ccc(CC(=O)O)cc1)C(C)C. The number of benzene rings is 1. The fraction of sp³-hybridized carbons (Fsp3) is 0.467. The lowest BCUT2D eigenvalue weighted by Crippen LogP contribution is -2.42. The van der Waals surface area contributed by atoms with E-state index in [1.165, 1.54) is 0 Å². The van der Waals surface area contributed by atoms with Crippen LogP contribution >= 0.6 is 0 Å². The van der Waals surface area contributed by atoms with Crippen LogP contribution in [0.3, 0.4) is 0 Å². The van der Waals surface area contributed by atoms with Gasteiger partial charge >= 0.3 is 12.0 Å². The van der Waals surface area contributed by atoms with Gasteiger partial charge in [-0.25, -0.2) is 4.79 Å². The minimum Gasteiger partial charge on any atom is -0.481 e. The van der Waals surface area contributed by atoms with E-state index in [9.17, 15) is 9.59 Å². The van der Waals surface area contributed by atoms with E-state index in [2.05, 4.69) is 5.32 Å². The van der Waals surface area contributed by atoms with Crippen LogP contribution in [0.4, 0.5) is 10.5 Å². The lowest BCUT2D eigenvalue weighted by Gasteiger charge is -2.26. The maximum atomic E-state index is 12.2. The fourth-order valence-corrected chi connectivity index (χ4v) is 1.86. The monoisotopic (exact) mass is 294 g/mol. The zero-order valence-corrected chi connectivity index (χ0v) is 12.6. The summed E-state index contributed by atoms with van der Waals surface area (Å²) in [6.07, 6.45) is -0.0276. The molecular weight excluding hydrogens is 272 g/mol. The molecule has 0 spiro atoms. The molecule has 2 amide bonds. The minimum absolute atomic E-state index is 0.0276. The highest BCUT2D eigenvalue weighted by atomic mass is 16.5. The van der Waals surface area contributed by atoms with Crippen molar-refractivity contribution >= 4 is 17.7 Å². The van der Waals surface area contributed by atoms with Crippen LogP contribution in [-0.4, -0.2) is 48.3 Å². The standard InChI is InChI=1S/C15H22N2O4/c1-11(2)17(8-9-21-3)15(20)16-13-6-4-12(5-7-13)10-14(18)19/h4-7,11H,8-10H2,1-3H3,(H,16,20)(H,18,19). The number of urea groups is 1. The Morgan fingerprint density at radius 2 is 1.90 bits per heavy atom. The van der Waals surface area contributed by atoms with Crippen LogP contribution in [0.15, 0.2) is 24.3 Å². The molecule has 0 heterocycles. The summed E-state index contributed by atoms with van der Waals surface area (Å²) < 4.78 is 5.00. The second kappa shape index (κ2) is 8.26. The third-order valence-electron chi connectivity index (χ3n) is 2.98. The van der Waals surface area contributed by atoms with E-state index in [1.54, 1.807) is 36.3 Å². The molecule has 0 radical (unpaired) electrons. The molecule has 1 aromatic carbocycles. The first-order valence-electron chi connectivity index (χ1n) is 6.81. The number of aliphatic carboxylic acids is 1. The molecular formula is C15H22N2O4. The largest absolute Gasteiger partial charge is 0.481 e. The fourth-order valence-electron chi connectivity index (χ4n) is 1.86. The van der Waals surface area contributed by atoms with E-state index in [0.717, 1.165) is 0 Å². The Bertz CT molecular complexity index is 471. The molecule has 0 saturated carbocycles. The van der Waals surface area contributed by atoms with E-state index in [-0.39, 0.29) is 18.5 Å². The van der Waals surface area contributed by atoms with E-state index in [0.29, 0.717) is 24.4 Å². The quantitative estimate of drug-likeness (QED) is 0.808. The maximum absolute atomic E-state index is 12.2. The van der Waals surface area contributed by atoms with Crippen molar-refractivity contribution < 1.29 is 19.4 Å². The van der Waals surface area contributed by atoms with Gasteiger partial charge < -0.3 is 20.1 Å². The van der Waals surface area contributed by atoms with Gasteiger partial charge in [0, 0.05) is 25.4 Å². The maximum Gasteiger partial charge on any atom is 0.322 e. The number of nitrogens with one attached hydrogen (secondary N) is 1. The van der Waals surface area contributed by atoms with Crippen molar-refractivity contribution in [2.75, 3.05) is 25.6 Å². The smallest absolute Gasteiger partial charge is 0.322 e. The summed E-state index contributed by atoms with van der Waals surface area (Å²) in [6.45, 7) is 4.86. The predicted molar refractivity (Wildman–Crippen MR) is 80.5 cm³/mol. The number of carbonyl (C=O) groups is 2. The molecule has 0 bridgehead atoms. The minimum atomic E-state index is -0.877. The van der Waals surface area contributed by atoms with Gasteiger partial charge in [-0.1, -0.05) is 12.1 Å². The number of methoxy groups -OCH3 is 1. The summed E-state index contributed by atoms with van der Waals surface area (Å²) in [6, 6.07) is 6.65. The molecule has 2 N–H and O–H groups in total. The van der Waals surface area contributed by atoms with Crippen LogP contribution in [0.2, 0.25) is 0 Å². The van der Waals surface area contributed by atoms with Crippen LogP contribution in [0, 0.1) is 0 Å². The van der Waals surface area contributed by atoms with Crippen LogP contribution in [0.5, 0.6) is 0 Å². The number of carbonyl (C=O) groups excluding carboxylic acids is 1. The molecule has 0 unspecified atom stereocenters. The van der Waals surface area contributed by atoms with E-state index in [1.807, 2.05) is 13.8 Å². The molecule has 0 aliphatic heterocycles. The molecule has 116 valence electrons. The van der Waals surface area contributed by atoms with Crippen molar-refractivity contribution in [2.24, 2.45) is 0 Å². The zero-order chi connectivity index (χ0) is 15.8. The number of nitrogens with zero attached hydrogens (tertiary/aromatic N) is 1. The summed E-state index contributed by atoms with van der Waals surface area (Å²) in [5.41, 5.74) is 1.33. The van der Waals surface area contributed by atoms with E-state index < -0.39 is 5.97 Å². The van der Waals surface area contributed by atoms with Crippen LogP contribution in [0.1, 0.15) is 19.4 Å². The number of carboxylic acid groups (broad SMARTS) is 1. The van der Waals surface area contributed by atoms with Crippen molar-refractivity contribution in [3.05, 3.63) is 29.8 Å². The molecule has 1 aromatic rings. The number of hydrogen-bond donors (Lipinski definition) is 2. The van der Waals surface area contributed by atoms with Gasteiger partial charge in [-0.3, -0.25) is 4.79 Å². The van der Waals surface area contributed by atoms with Gasteiger partial charge in [0.05, 0.1) is 13.0 Å². The Morgan fingerprint density at radius 1 is 1.29 bits per heavy atom. The first kappa shape index (κ1) is 17.0. The number of rotatable bonds is 7. The molecule has 6 nitrogen and oxygen atoms in total. The van der Waals surface area contributed by atoms with Gasteiger partial charge in [0.1, 0.15) is 0 Å². The summed E-state index contributed by atoms with van der Waals surface area (Å²) in [5, 5.41) is 11.5. The average molecular weight is 294 g/mol. The molecule has 1 rings (SSSR count).